The number of imide groups is 1. The number of urea groups is 1. The molecule has 0 aliphatic carbocycles. The Morgan fingerprint density at radius 2 is 1.87 bits per heavy atom. The summed E-state index contributed by atoms with van der Waals surface area (Å²) >= 11 is 0. The van der Waals surface area contributed by atoms with Gasteiger partial charge in [0, 0.05) is 42.9 Å². The summed E-state index contributed by atoms with van der Waals surface area (Å²) in [5, 5.41) is 4.69. The van der Waals surface area contributed by atoms with Gasteiger partial charge < -0.3 is 9.47 Å². The van der Waals surface area contributed by atoms with Gasteiger partial charge in [0.1, 0.15) is 22.9 Å². The third-order valence-corrected chi connectivity index (χ3v) is 4.38. The number of hydrogen-bond acceptors (Lipinski definition) is 7. The number of pyridine rings is 3. The third kappa shape index (κ3) is 5.83. The monoisotopic (exact) mass is 421 g/mol. The normalized spacial score (nSPS) is 11.0. The highest BCUT2D eigenvalue weighted by molar-refractivity contribution is 6.03. The van der Waals surface area contributed by atoms with Crippen LogP contribution < -0.4 is 15.4 Å². The molecule has 0 unspecified atom stereocenters. The number of nitrogens with zero attached hydrogens (tertiary/aromatic N) is 3. The van der Waals surface area contributed by atoms with E-state index in [1.807, 2.05) is 31.2 Å². The fourth-order valence-electron chi connectivity index (χ4n) is 2.50. The van der Waals surface area contributed by atoms with E-state index in [0.29, 0.717) is 11.5 Å². The number of carbonyl (C=O) groups is 2. The Labute approximate surface area is 179 Å². The average molecular weight is 421 g/mol. The number of carbonyl (C=O) groups excluding carboxylic acids is 2. The van der Waals surface area contributed by atoms with Crippen molar-refractivity contribution in [3.63, 3.8) is 0 Å². The summed E-state index contributed by atoms with van der Waals surface area (Å²) in [6.07, 6.45) is 4.90. The summed E-state index contributed by atoms with van der Waals surface area (Å²) in [6, 6.07) is 9.90. The molecule has 0 bridgehead atoms. The van der Waals surface area contributed by atoms with Crippen LogP contribution in [0.1, 0.15) is 19.5 Å². The number of amides is 3. The maximum atomic E-state index is 12.0. The highest BCUT2D eigenvalue weighted by atomic mass is 16.5. The predicted octanol–water partition coefficient (Wildman–Crippen LogP) is 3.71. The highest BCUT2D eigenvalue weighted by Crippen LogP contribution is 2.26. The molecule has 0 aromatic carbocycles. The van der Waals surface area contributed by atoms with Gasteiger partial charge in [-0.05, 0) is 45.0 Å². The number of aromatic nitrogens is 3. The molecule has 0 fully saturated rings. The topological polar surface area (TPSA) is 115 Å². The molecule has 160 valence electrons. The number of rotatable bonds is 6. The molecule has 3 aromatic rings. The fraction of sp³-hybridized carbons (Fsp3) is 0.227. The average Bonchev–Trinajstić information content (AvgIpc) is 2.75. The molecule has 0 aliphatic rings. The quantitative estimate of drug-likeness (QED) is 0.623. The molecule has 9 heteroatoms. The van der Waals surface area contributed by atoms with Crippen molar-refractivity contribution in [1.82, 2.24) is 20.3 Å². The van der Waals surface area contributed by atoms with Gasteiger partial charge in [0.25, 0.3) is 5.91 Å². The lowest BCUT2D eigenvalue weighted by atomic mass is 10.1. The molecule has 0 aliphatic heterocycles. The number of aryl methyl sites for hydroxylation is 1. The Balaban J connectivity index is 1.65. The van der Waals surface area contributed by atoms with Gasteiger partial charge in [0.15, 0.2) is 0 Å². The molecule has 0 atom stereocenters. The number of methoxy groups -OCH3 is 1. The minimum absolute atomic E-state index is 0.259. The maximum absolute atomic E-state index is 12.0. The Kier molecular flexibility index (Phi) is 6.56. The van der Waals surface area contributed by atoms with Gasteiger partial charge in [-0.15, -0.1) is 0 Å². The second kappa shape index (κ2) is 9.31. The highest BCUT2D eigenvalue weighted by Gasteiger charge is 2.28. The van der Waals surface area contributed by atoms with Crippen molar-refractivity contribution in [3.05, 3.63) is 60.7 Å². The minimum atomic E-state index is -1.13. The summed E-state index contributed by atoms with van der Waals surface area (Å²) in [5.41, 5.74) is 1.29. The van der Waals surface area contributed by atoms with E-state index in [9.17, 15) is 9.59 Å². The van der Waals surface area contributed by atoms with Crippen molar-refractivity contribution in [3.8, 4) is 22.8 Å². The predicted molar refractivity (Wildman–Crippen MR) is 115 cm³/mol. The molecule has 3 rings (SSSR count). The molecule has 3 aromatic heterocycles. The number of nitrogens with one attached hydrogen (secondary N) is 2. The van der Waals surface area contributed by atoms with Crippen LogP contribution >= 0.6 is 0 Å². The SMILES string of the molecule is COC(C)(C)C(=O)NC(=O)Nc1ccc(Oc2cc(C)nc(-c3cccnc3)c2)cn1. The fourth-order valence-corrected chi connectivity index (χ4v) is 2.50. The smallest absolute Gasteiger partial charge is 0.327 e. The zero-order chi connectivity index (χ0) is 22.4. The Morgan fingerprint density at radius 3 is 2.52 bits per heavy atom. The van der Waals surface area contributed by atoms with Gasteiger partial charge in [-0.2, -0.15) is 0 Å². The molecular weight excluding hydrogens is 398 g/mol. The second-order valence-electron chi connectivity index (χ2n) is 7.18. The van der Waals surface area contributed by atoms with Crippen molar-refractivity contribution >= 4 is 17.8 Å². The van der Waals surface area contributed by atoms with E-state index in [0.717, 1.165) is 17.0 Å². The van der Waals surface area contributed by atoms with Crippen molar-refractivity contribution in [2.75, 3.05) is 12.4 Å². The first-order valence-corrected chi connectivity index (χ1v) is 9.47. The largest absolute Gasteiger partial charge is 0.456 e. The minimum Gasteiger partial charge on any atom is -0.456 e. The third-order valence-electron chi connectivity index (χ3n) is 4.38. The number of anilines is 1. The summed E-state index contributed by atoms with van der Waals surface area (Å²) in [6.45, 7) is 4.99. The van der Waals surface area contributed by atoms with Crippen LogP contribution in [0.2, 0.25) is 0 Å². The van der Waals surface area contributed by atoms with E-state index in [1.165, 1.54) is 13.3 Å². The second-order valence-corrected chi connectivity index (χ2v) is 7.18. The zero-order valence-corrected chi connectivity index (χ0v) is 17.7. The van der Waals surface area contributed by atoms with Crippen LogP contribution in [-0.2, 0) is 9.53 Å². The van der Waals surface area contributed by atoms with Crippen LogP contribution in [0.4, 0.5) is 10.6 Å². The van der Waals surface area contributed by atoms with Crippen molar-refractivity contribution in [2.45, 2.75) is 26.4 Å². The van der Waals surface area contributed by atoms with Crippen LogP contribution in [0.25, 0.3) is 11.3 Å². The zero-order valence-electron chi connectivity index (χ0n) is 17.7. The maximum Gasteiger partial charge on any atom is 0.327 e. The summed E-state index contributed by atoms with van der Waals surface area (Å²) in [7, 11) is 1.39. The molecule has 0 radical (unpaired) electrons. The van der Waals surface area contributed by atoms with Crippen molar-refractivity contribution in [2.24, 2.45) is 0 Å². The first-order chi connectivity index (χ1) is 14.8. The van der Waals surface area contributed by atoms with Gasteiger partial charge in [-0.3, -0.25) is 25.4 Å². The molecule has 0 spiro atoms. The molecule has 0 saturated heterocycles. The van der Waals surface area contributed by atoms with Crippen molar-refractivity contribution < 1.29 is 19.1 Å². The lowest BCUT2D eigenvalue weighted by Gasteiger charge is -2.20. The van der Waals surface area contributed by atoms with E-state index in [4.69, 9.17) is 9.47 Å². The Hall–Kier alpha value is -3.85. The molecule has 31 heavy (non-hydrogen) atoms. The summed E-state index contributed by atoms with van der Waals surface area (Å²) in [4.78, 5) is 36.7. The standard InChI is InChI=1S/C22H23N5O4/c1-14-10-17(11-18(25-14)15-6-5-9-23-12-15)31-16-7-8-19(24-13-16)26-21(29)27-20(28)22(2,3)30-4/h5-13H,1-4H3,(H2,24,26,27,28,29). The van der Waals surface area contributed by atoms with Crippen LogP contribution in [0, 0.1) is 6.92 Å². The summed E-state index contributed by atoms with van der Waals surface area (Å²) < 4.78 is 10.9. The Morgan fingerprint density at radius 1 is 1.06 bits per heavy atom. The molecule has 9 nitrogen and oxygen atoms in total. The summed E-state index contributed by atoms with van der Waals surface area (Å²) in [5.74, 6) is 0.768. The van der Waals surface area contributed by atoms with Crippen LogP contribution in [0.15, 0.2) is 55.0 Å². The van der Waals surface area contributed by atoms with E-state index < -0.39 is 17.5 Å². The van der Waals surface area contributed by atoms with Crippen LogP contribution in [0.5, 0.6) is 11.5 Å². The van der Waals surface area contributed by atoms with E-state index in [2.05, 4.69) is 25.6 Å². The molecule has 3 heterocycles. The molecule has 3 amide bonds. The molecular formula is C22H23N5O4. The van der Waals surface area contributed by atoms with Gasteiger partial charge in [-0.25, -0.2) is 9.78 Å². The Bertz CT molecular complexity index is 1070. The van der Waals surface area contributed by atoms with Crippen LogP contribution in [-0.4, -0.2) is 39.6 Å². The van der Waals surface area contributed by atoms with Crippen LogP contribution in [0.3, 0.4) is 0 Å². The first kappa shape index (κ1) is 21.8. The number of ether oxygens (including phenoxy) is 2. The lowest BCUT2D eigenvalue weighted by molar-refractivity contribution is -0.138. The molecule has 2 N–H and O–H groups in total. The van der Waals surface area contributed by atoms with Gasteiger partial charge in [-0.1, -0.05) is 0 Å². The number of hydrogen-bond donors (Lipinski definition) is 2. The first-order valence-electron chi connectivity index (χ1n) is 9.47. The van der Waals surface area contributed by atoms with E-state index in [-0.39, 0.29) is 5.82 Å². The molecule has 0 saturated carbocycles. The van der Waals surface area contributed by atoms with Gasteiger partial charge in [0.05, 0.1) is 11.9 Å². The lowest BCUT2D eigenvalue weighted by Crippen LogP contribution is -2.47. The van der Waals surface area contributed by atoms with E-state index >= 15 is 0 Å². The van der Waals surface area contributed by atoms with Gasteiger partial charge >= 0.3 is 6.03 Å². The van der Waals surface area contributed by atoms with Gasteiger partial charge in [0.2, 0.25) is 0 Å². The van der Waals surface area contributed by atoms with E-state index in [1.54, 1.807) is 38.4 Å². The van der Waals surface area contributed by atoms with Crippen molar-refractivity contribution in [1.29, 1.82) is 0 Å².